The van der Waals surface area contributed by atoms with Crippen LogP contribution in [0.3, 0.4) is 0 Å². The topological polar surface area (TPSA) is 204 Å². The van der Waals surface area contributed by atoms with Gasteiger partial charge in [-0.05, 0) is 23.4 Å². The Balaban J connectivity index is 1.81. The zero-order valence-electron chi connectivity index (χ0n) is 14.6. The number of aromatic amines is 2. The van der Waals surface area contributed by atoms with Crippen molar-refractivity contribution in [3.05, 3.63) is 67.5 Å². The highest BCUT2D eigenvalue weighted by atomic mass is 35.5. The molecule has 16 heteroatoms. The number of rotatable bonds is 6. The number of hydrogen-bond acceptors (Lipinski definition) is 9. The van der Waals surface area contributed by atoms with Crippen LogP contribution in [0.25, 0.3) is 0 Å². The van der Waals surface area contributed by atoms with Gasteiger partial charge in [-0.3, -0.25) is 20.2 Å². The molecule has 0 spiro atoms. The van der Waals surface area contributed by atoms with Crippen LogP contribution in [0.2, 0.25) is 5.02 Å². The van der Waals surface area contributed by atoms with E-state index in [1.165, 1.54) is 12.1 Å². The molecule has 13 nitrogen and oxygen atoms in total. The predicted molar refractivity (Wildman–Crippen MR) is 101 cm³/mol. The van der Waals surface area contributed by atoms with Crippen molar-refractivity contribution in [2.45, 2.75) is 11.4 Å². The molecule has 1 aromatic carbocycles. The Morgan fingerprint density at radius 2 is 2.10 bits per heavy atom. The van der Waals surface area contributed by atoms with Crippen LogP contribution < -0.4 is 26.8 Å². The third kappa shape index (κ3) is 4.28. The molecule has 2 aromatic heterocycles. The second-order valence-corrected chi connectivity index (χ2v) is 7.78. The number of aromatic nitrogens is 4. The average molecular weight is 459 g/mol. The molecule has 0 amide bonds. The summed E-state index contributed by atoms with van der Waals surface area (Å²) in [5, 5.41) is 15.7. The molecule has 0 radical (unpaired) electrons. The number of nitrogens with zero attached hydrogens (tertiary/aromatic N) is 3. The van der Waals surface area contributed by atoms with Crippen LogP contribution in [0.1, 0.15) is 11.4 Å². The van der Waals surface area contributed by atoms with E-state index in [0.29, 0.717) is 0 Å². The van der Waals surface area contributed by atoms with Gasteiger partial charge >= 0.3 is 5.69 Å². The minimum Gasteiger partial charge on any atom is -0.313 e. The minimum absolute atomic E-state index is 0.131. The standard InChI is InChI=1S/C14H12ClFN8O5S/c15-7-3-6(1-2-8(7)16)24(18)12(17)11-9(22-29-23-11)4-20-30(27,28)10-5-19-14(26)21-13(10)25/h1-3,5,17,20H,4,18H2,(H2,19,21,25,26). The van der Waals surface area contributed by atoms with Crippen molar-refractivity contribution in [1.82, 2.24) is 25.0 Å². The Bertz CT molecular complexity index is 1330. The van der Waals surface area contributed by atoms with Gasteiger partial charge in [0.05, 0.1) is 17.3 Å². The molecule has 0 atom stereocenters. The van der Waals surface area contributed by atoms with Crippen LogP contribution >= 0.6 is 11.6 Å². The molecule has 158 valence electrons. The zero-order chi connectivity index (χ0) is 22.1. The Kier molecular flexibility index (Phi) is 5.79. The van der Waals surface area contributed by atoms with Crippen LogP contribution in [0, 0.1) is 11.2 Å². The van der Waals surface area contributed by atoms with Crippen LogP contribution in [0.15, 0.2) is 43.5 Å². The third-order valence-corrected chi connectivity index (χ3v) is 5.40. The lowest BCUT2D eigenvalue weighted by atomic mass is 10.2. The quantitative estimate of drug-likeness (QED) is 0.138. The highest BCUT2D eigenvalue weighted by Gasteiger charge is 2.24. The van der Waals surface area contributed by atoms with E-state index in [4.69, 9.17) is 22.9 Å². The first-order valence-corrected chi connectivity index (χ1v) is 9.68. The Labute approximate surface area is 171 Å². The Morgan fingerprint density at radius 1 is 1.37 bits per heavy atom. The number of hydrazine groups is 1. The fraction of sp³-hybridized carbons (Fsp3) is 0.0714. The van der Waals surface area contributed by atoms with Gasteiger partial charge in [-0.2, -0.15) is 0 Å². The normalized spacial score (nSPS) is 11.4. The summed E-state index contributed by atoms with van der Waals surface area (Å²) in [5.74, 6) is 4.68. The number of anilines is 1. The van der Waals surface area contributed by atoms with E-state index in [2.05, 4.69) is 19.7 Å². The van der Waals surface area contributed by atoms with Gasteiger partial charge in [-0.15, -0.1) is 0 Å². The van der Waals surface area contributed by atoms with E-state index < -0.39 is 44.4 Å². The second kappa shape index (κ2) is 8.15. The number of halogens is 2. The third-order valence-electron chi connectivity index (χ3n) is 3.71. The summed E-state index contributed by atoms with van der Waals surface area (Å²) in [7, 11) is -4.36. The van der Waals surface area contributed by atoms with Crippen LogP contribution in [0.4, 0.5) is 10.1 Å². The average Bonchev–Trinajstić information content (AvgIpc) is 3.16. The van der Waals surface area contributed by atoms with Crippen molar-refractivity contribution < 1.29 is 17.4 Å². The number of amidine groups is 1. The molecule has 30 heavy (non-hydrogen) atoms. The molecule has 0 unspecified atom stereocenters. The molecule has 0 bridgehead atoms. The lowest BCUT2D eigenvalue weighted by molar-refractivity contribution is 0.302. The summed E-state index contributed by atoms with van der Waals surface area (Å²) < 4.78 is 44.5. The van der Waals surface area contributed by atoms with Crippen molar-refractivity contribution in [3.63, 3.8) is 0 Å². The van der Waals surface area contributed by atoms with Gasteiger partial charge < -0.3 is 4.98 Å². The summed E-state index contributed by atoms with van der Waals surface area (Å²) in [4.78, 5) is 25.8. The highest BCUT2D eigenvalue weighted by Crippen LogP contribution is 2.22. The summed E-state index contributed by atoms with van der Waals surface area (Å²) in [6.45, 7) is -0.528. The Morgan fingerprint density at radius 3 is 2.77 bits per heavy atom. The molecule has 0 saturated heterocycles. The van der Waals surface area contributed by atoms with Crippen molar-refractivity contribution in [1.29, 1.82) is 5.41 Å². The second-order valence-electron chi connectivity index (χ2n) is 5.64. The number of sulfonamides is 1. The molecule has 3 aromatic rings. The largest absolute Gasteiger partial charge is 0.325 e. The summed E-state index contributed by atoms with van der Waals surface area (Å²) >= 11 is 5.70. The van der Waals surface area contributed by atoms with Crippen LogP contribution in [-0.4, -0.2) is 34.5 Å². The lowest BCUT2D eigenvalue weighted by Crippen LogP contribution is -2.39. The minimum atomic E-state index is -4.36. The van der Waals surface area contributed by atoms with Crippen molar-refractivity contribution >= 4 is 33.1 Å². The molecular weight excluding hydrogens is 447 g/mol. The molecule has 0 fully saturated rings. The molecule has 0 aliphatic heterocycles. The van der Waals surface area contributed by atoms with Gasteiger partial charge in [-0.1, -0.05) is 16.8 Å². The summed E-state index contributed by atoms with van der Waals surface area (Å²) in [6.07, 6.45) is 0.730. The first kappa shape index (κ1) is 21.3. The van der Waals surface area contributed by atoms with Crippen molar-refractivity contribution in [2.75, 3.05) is 5.01 Å². The zero-order valence-corrected chi connectivity index (χ0v) is 16.2. The number of benzene rings is 1. The maximum Gasteiger partial charge on any atom is 0.325 e. The van der Waals surface area contributed by atoms with Crippen molar-refractivity contribution in [2.24, 2.45) is 5.84 Å². The molecule has 6 N–H and O–H groups in total. The van der Waals surface area contributed by atoms with Crippen LogP contribution in [0.5, 0.6) is 0 Å². The van der Waals surface area contributed by atoms with E-state index in [1.54, 1.807) is 4.98 Å². The molecular formula is C14H12ClFN8O5S. The molecule has 0 saturated carbocycles. The number of nitrogens with two attached hydrogens (primary N) is 1. The fourth-order valence-electron chi connectivity index (χ4n) is 2.22. The van der Waals surface area contributed by atoms with Crippen LogP contribution in [-0.2, 0) is 16.6 Å². The van der Waals surface area contributed by atoms with E-state index >= 15 is 0 Å². The number of nitrogens with one attached hydrogen (secondary N) is 4. The van der Waals surface area contributed by atoms with E-state index in [1.807, 2.05) is 4.98 Å². The predicted octanol–water partition coefficient (Wildman–Crippen LogP) is -0.577. The van der Waals surface area contributed by atoms with E-state index in [-0.39, 0.29) is 22.1 Å². The fourth-order valence-corrected chi connectivity index (χ4v) is 3.38. The van der Waals surface area contributed by atoms with Gasteiger partial charge in [0.25, 0.3) is 5.56 Å². The summed E-state index contributed by atoms with van der Waals surface area (Å²) in [5.41, 5.74) is -2.22. The van der Waals surface area contributed by atoms with Crippen molar-refractivity contribution in [3.8, 4) is 0 Å². The highest BCUT2D eigenvalue weighted by molar-refractivity contribution is 7.89. The van der Waals surface area contributed by atoms with Gasteiger partial charge in [0.1, 0.15) is 11.5 Å². The summed E-state index contributed by atoms with van der Waals surface area (Å²) in [6, 6.07) is 3.47. The first-order valence-electron chi connectivity index (χ1n) is 7.82. The lowest BCUT2D eigenvalue weighted by Gasteiger charge is -2.18. The molecule has 2 heterocycles. The van der Waals surface area contributed by atoms with E-state index in [0.717, 1.165) is 17.3 Å². The molecule has 0 aliphatic rings. The van der Waals surface area contributed by atoms with Gasteiger partial charge in [0, 0.05) is 6.20 Å². The SMILES string of the molecule is N=C(c1nonc1CNS(=O)(=O)c1c[nH]c(=O)[nH]c1=O)N(N)c1ccc(F)c(Cl)c1. The molecule has 0 aliphatic carbocycles. The Hall–Kier alpha value is -3.40. The van der Waals surface area contributed by atoms with E-state index in [9.17, 15) is 22.4 Å². The first-order chi connectivity index (χ1) is 14.1. The maximum atomic E-state index is 13.3. The van der Waals surface area contributed by atoms with Gasteiger partial charge in [0.15, 0.2) is 16.4 Å². The number of H-pyrrole nitrogens is 2. The van der Waals surface area contributed by atoms with Gasteiger partial charge in [-0.25, -0.2) is 32.8 Å². The monoisotopic (exact) mass is 458 g/mol. The molecule has 3 rings (SSSR count). The maximum absolute atomic E-state index is 13.3. The number of hydrogen-bond donors (Lipinski definition) is 5. The smallest absolute Gasteiger partial charge is 0.313 e. The van der Waals surface area contributed by atoms with Gasteiger partial charge in [0.2, 0.25) is 10.0 Å².